The Kier molecular flexibility index (Phi) is 4.13. The molecule has 19 heavy (non-hydrogen) atoms. The monoisotopic (exact) mass is 260 g/mol. The van der Waals surface area contributed by atoms with E-state index in [1.807, 2.05) is 24.3 Å². The molecule has 1 amide bonds. The normalized spacial score (nSPS) is 16.4. The van der Waals surface area contributed by atoms with E-state index in [4.69, 9.17) is 5.73 Å². The fraction of sp³-hybridized carbons (Fsp3) is 0.562. The van der Waals surface area contributed by atoms with Crippen LogP contribution in [-0.4, -0.2) is 12.5 Å². The quantitative estimate of drug-likeness (QED) is 0.773. The third-order valence-corrected chi connectivity index (χ3v) is 4.35. The number of nitrogens with one attached hydrogen (secondary N) is 1. The van der Waals surface area contributed by atoms with Crippen molar-refractivity contribution in [1.82, 2.24) is 5.32 Å². The molecule has 0 heterocycles. The summed E-state index contributed by atoms with van der Waals surface area (Å²) in [5, 5.41) is 3.08. The number of carbonyl (C=O) groups excluding carboxylic acids is 1. The third-order valence-electron chi connectivity index (χ3n) is 4.35. The van der Waals surface area contributed by atoms with E-state index in [9.17, 15) is 4.79 Å². The lowest BCUT2D eigenvalue weighted by atomic mass is 9.92. The molecule has 0 radical (unpaired) electrons. The van der Waals surface area contributed by atoms with E-state index in [0.29, 0.717) is 17.8 Å². The van der Waals surface area contributed by atoms with Crippen LogP contribution in [0.5, 0.6) is 0 Å². The van der Waals surface area contributed by atoms with Crippen molar-refractivity contribution >= 4 is 11.6 Å². The zero-order valence-corrected chi connectivity index (χ0v) is 11.9. The van der Waals surface area contributed by atoms with Gasteiger partial charge in [-0.25, -0.2) is 0 Å². The third kappa shape index (κ3) is 3.72. The molecule has 0 saturated heterocycles. The minimum absolute atomic E-state index is 0.148. The van der Waals surface area contributed by atoms with Gasteiger partial charge in [0, 0.05) is 18.7 Å². The van der Waals surface area contributed by atoms with Crippen LogP contribution in [0.3, 0.4) is 0 Å². The minimum Gasteiger partial charge on any atom is -0.399 e. The van der Waals surface area contributed by atoms with Crippen molar-refractivity contribution in [3.8, 4) is 0 Å². The molecule has 0 unspecified atom stereocenters. The molecule has 1 aromatic carbocycles. The molecule has 3 heteroatoms. The predicted octanol–water partition coefficient (Wildman–Crippen LogP) is 2.75. The lowest BCUT2D eigenvalue weighted by Gasteiger charge is -2.20. The number of anilines is 1. The van der Waals surface area contributed by atoms with Crippen LogP contribution in [0, 0.1) is 11.3 Å². The van der Waals surface area contributed by atoms with Gasteiger partial charge in [0.25, 0.3) is 0 Å². The Labute approximate surface area is 115 Å². The van der Waals surface area contributed by atoms with Gasteiger partial charge in [-0.1, -0.05) is 26.0 Å². The highest BCUT2D eigenvalue weighted by atomic mass is 16.1. The van der Waals surface area contributed by atoms with Crippen molar-refractivity contribution < 1.29 is 4.79 Å². The van der Waals surface area contributed by atoms with Crippen molar-refractivity contribution in [3.63, 3.8) is 0 Å². The number of hydrogen-bond donors (Lipinski definition) is 2. The fourth-order valence-electron chi connectivity index (χ4n) is 2.49. The van der Waals surface area contributed by atoms with Crippen LogP contribution in [0.15, 0.2) is 24.3 Å². The molecule has 0 aliphatic heterocycles. The fourth-order valence-corrected chi connectivity index (χ4v) is 2.49. The first kappa shape index (κ1) is 13.9. The molecule has 2 rings (SSSR count). The van der Waals surface area contributed by atoms with Crippen LogP contribution >= 0.6 is 0 Å². The summed E-state index contributed by atoms with van der Waals surface area (Å²) in [7, 11) is 0. The summed E-state index contributed by atoms with van der Waals surface area (Å²) < 4.78 is 0. The van der Waals surface area contributed by atoms with Crippen molar-refractivity contribution in [2.45, 2.75) is 39.5 Å². The maximum atomic E-state index is 11.9. The second-order valence-corrected chi connectivity index (χ2v) is 6.04. The first-order valence-electron chi connectivity index (χ1n) is 7.13. The Morgan fingerprint density at radius 3 is 2.74 bits per heavy atom. The summed E-state index contributed by atoms with van der Waals surface area (Å²) >= 11 is 0. The van der Waals surface area contributed by atoms with Gasteiger partial charge in [0.15, 0.2) is 0 Å². The van der Waals surface area contributed by atoms with E-state index in [1.165, 1.54) is 12.8 Å². The zero-order valence-electron chi connectivity index (χ0n) is 11.9. The summed E-state index contributed by atoms with van der Waals surface area (Å²) in [6, 6.07) is 7.74. The maximum Gasteiger partial charge on any atom is 0.220 e. The molecular weight excluding hydrogens is 236 g/mol. The van der Waals surface area contributed by atoms with Gasteiger partial charge in [0.1, 0.15) is 0 Å². The highest BCUT2D eigenvalue weighted by Gasteiger charge is 2.45. The first-order chi connectivity index (χ1) is 9.02. The van der Waals surface area contributed by atoms with Crippen molar-refractivity contribution in [2.24, 2.45) is 11.3 Å². The summed E-state index contributed by atoms with van der Waals surface area (Å²) in [6.07, 6.45) is 3.80. The number of nitrogen functional groups attached to an aromatic ring is 1. The average Bonchev–Trinajstić information content (AvgIpc) is 3.15. The van der Waals surface area contributed by atoms with Crippen LogP contribution in [0.4, 0.5) is 5.69 Å². The molecule has 104 valence electrons. The highest BCUT2D eigenvalue weighted by Crippen LogP contribution is 2.51. The first-order valence-corrected chi connectivity index (χ1v) is 7.13. The Morgan fingerprint density at radius 2 is 2.16 bits per heavy atom. The van der Waals surface area contributed by atoms with Gasteiger partial charge in [-0.3, -0.25) is 4.79 Å². The Morgan fingerprint density at radius 1 is 1.42 bits per heavy atom. The standard InChI is InChI=1S/C16H24N2O/c1-12(2)16(8-9-16)11-18-15(19)7-6-13-4-3-5-14(17)10-13/h3-5,10,12H,6-9,11,17H2,1-2H3,(H,18,19). The van der Waals surface area contributed by atoms with Crippen LogP contribution in [0.2, 0.25) is 0 Å². The number of hydrogen-bond acceptors (Lipinski definition) is 2. The van der Waals surface area contributed by atoms with E-state index < -0.39 is 0 Å². The van der Waals surface area contributed by atoms with E-state index in [0.717, 1.165) is 24.2 Å². The molecule has 0 aromatic heterocycles. The smallest absolute Gasteiger partial charge is 0.220 e. The molecule has 0 atom stereocenters. The number of amides is 1. The van der Waals surface area contributed by atoms with Gasteiger partial charge < -0.3 is 11.1 Å². The molecular formula is C16H24N2O. The minimum atomic E-state index is 0.148. The van der Waals surface area contributed by atoms with E-state index in [1.54, 1.807) is 0 Å². The SMILES string of the molecule is CC(C)C1(CNC(=O)CCc2cccc(N)c2)CC1. The highest BCUT2D eigenvalue weighted by molar-refractivity contribution is 5.76. The molecule has 1 aliphatic carbocycles. The zero-order chi connectivity index (χ0) is 13.9. The van der Waals surface area contributed by atoms with Gasteiger partial charge in [-0.15, -0.1) is 0 Å². The maximum absolute atomic E-state index is 11.9. The van der Waals surface area contributed by atoms with E-state index >= 15 is 0 Å². The average molecular weight is 260 g/mol. The summed E-state index contributed by atoms with van der Waals surface area (Å²) in [5.74, 6) is 0.802. The summed E-state index contributed by atoms with van der Waals surface area (Å²) in [6.45, 7) is 5.32. The van der Waals surface area contributed by atoms with Crippen LogP contribution < -0.4 is 11.1 Å². The Bertz CT molecular complexity index is 450. The van der Waals surface area contributed by atoms with Crippen molar-refractivity contribution in [1.29, 1.82) is 0 Å². The van der Waals surface area contributed by atoms with Gasteiger partial charge in [-0.2, -0.15) is 0 Å². The Balaban J connectivity index is 1.73. The number of benzene rings is 1. The molecule has 3 nitrogen and oxygen atoms in total. The summed E-state index contributed by atoms with van der Waals surface area (Å²) in [5.41, 5.74) is 7.99. The number of aryl methyl sites for hydroxylation is 1. The van der Waals surface area contributed by atoms with Gasteiger partial charge >= 0.3 is 0 Å². The van der Waals surface area contributed by atoms with Crippen LogP contribution in [-0.2, 0) is 11.2 Å². The summed E-state index contributed by atoms with van der Waals surface area (Å²) in [4.78, 5) is 11.9. The van der Waals surface area contributed by atoms with Crippen LogP contribution in [0.1, 0.15) is 38.7 Å². The predicted molar refractivity (Wildman–Crippen MR) is 78.7 cm³/mol. The Hall–Kier alpha value is -1.51. The van der Waals surface area contributed by atoms with Crippen LogP contribution in [0.25, 0.3) is 0 Å². The van der Waals surface area contributed by atoms with Gasteiger partial charge in [-0.05, 0) is 48.3 Å². The number of rotatable bonds is 6. The molecule has 1 aliphatic rings. The largest absolute Gasteiger partial charge is 0.399 e. The lowest BCUT2D eigenvalue weighted by molar-refractivity contribution is -0.121. The number of nitrogens with two attached hydrogens (primary N) is 1. The molecule has 0 spiro atoms. The number of carbonyl (C=O) groups is 1. The van der Waals surface area contributed by atoms with E-state index in [-0.39, 0.29) is 5.91 Å². The molecule has 1 aromatic rings. The second-order valence-electron chi connectivity index (χ2n) is 6.04. The topological polar surface area (TPSA) is 55.1 Å². The van der Waals surface area contributed by atoms with E-state index in [2.05, 4.69) is 19.2 Å². The molecule has 3 N–H and O–H groups in total. The molecule has 1 fully saturated rings. The van der Waals surface area contributed by atoms with Gasteiger partial charge in [0.2, 0.25) is 5.91 Å². The van der Waals surface area contributed by atoms with Crippen molar-refractivity contribution in [2.75, 3.05) is 12.3 Å². The van der Waals surface area contributed by atoms with Gasteiger partial charge in [0.05, 0.1) is 0 Å². The van der Waals surface area contributed by atoms with Crippen molar-refractivity contribution in [3.05, 3.63) is 29.8 Å². The molecule has 0 bridgehead atoms. The molecule has 1 saturated carbocycles. The lowest BCUT2D eigenvalue weighted by Crippen LogP contribution is -2.32. The second kappa shape index (κ2) is 5.64.